The summed E-state index contributed by atoms with van der Waals surface area (Å²) in [5.41, 5.74) is 8.82. The van der Waals surface area contributed by atoms with Crippen LogP contribution in [-0.4, -0.2) is 36.5 Å². The predicted molar refractivity (Wildman–Crippen MR) is 77.5 cm³/mol. The van der Waals surface area contributed by atoms with Gasteiger partial charge in [0.15, 0.2) is 0 Å². The van der Waals surface area contributed by atoms with E-state index in [1.807, 2.05) is 12.1 Å². The van der Waals surface area contributed by atoms with E-state index in [9.17, 15) is 0 Å². The van der Waals surface area contributed by atoms with Crippen molar-refractivity contribution in [2.45, 2.75) is 32.9 Å². The molecule has 19 heavy (non-hydrogen) atoms. The lowest BCUT2D eigenvalue weighted by Gasteiger charge is -2.32. The molecule has 4 heteroatoms. The van der Waals surface area contributed by atoms with Crippen LogP contribution in [0.3, 0.4) is 0 Å². The van der Waals surface area contributed by atoms with Gasteiger partial charge in [-0.1, -0.05) is 19.1 Å². The molecule has 3 N–H and O–H groups in total. The van der Waals surface area contributed by atoms with Crippen LogP contribution in [0, 0.1) is 12.3 Å². The van der Waals surface area contributed by atoms with Gasteiger partial charge in [-0.15, -0.1) is 0 Å². The van der Waals surface area contributed by atoms with Crippen LogP contribution in [0.2, 0.25) is 0 Å². The zero-order chi connectivity index (χ0) is 13.8. The largest absolute Gasteiger partial charge is 0.384 e. The molecule has 1 atom stereocenters. The Labute approximate surface area is 115 Å². The van der Waals surface area contributed by atoms with E-state index in [0.29, 0.717) is 6.10 Å². The molecule has 1 aliphatic rings. The molecular weight excluding hydrogens is 238 g/mol. The average molecular weight is 261 g/mol. The van der Waals surface area contributed by atoms with E-state index in [1.54, 1.807) is 0 Å². The van der Waals surface area contributed by atoms with Crippen molar-refractivity contribution in [3.8, 4) is 0 Å². The number of nitrogens with zero attached hydrogens (tertiary/aromatic N) is 1. The van der Waals surface area contributed by atoms with Crippen LogP contribution in [0.1, 0.15) is 30.0 Å². The molecule has 1 saturated heterocycles. The Bertz CT molecular complexity index is 459. The highest BCUT2D eigenvalue weighted by molar-refractivity contribution is 5.95. The van der Waals surface area contributed by atoms with Crippen LogP contribution in [0.5, 0.6) is 0 Å². The van der Waals surface area contributed by atoms with Gasteiger partial charge < -0.3 is 10.5 Å². The van der Waals surface area contributed by atoms with Gasteiger partial charge in [0.05, 0.1) is 12.7 Å². The second-order valence-electron chi connectivity index (χ2n) is 5.19. The Morgan fingerprint density at radius 2 is 2.32 bits per heavy atom. The topological polar surface area (TPSA) is 62.3 Å². The van der Waals surface area contributed by atoms with Crippen LogP contribution in [0.4, 0.5) is 0 Å². The Morgan fingerprint density at radius 3 is 2.95 bits per heavy atom. The van der Waals surface area contributed by atoms with Gasteiger partial charge in [-0.2, -0.15) is 0 Å². The van der Waals surface area contributed by atoms with Gasteiger partial charge in [-0.25, -0.2) is 0 Å². The number of morpholine rings is 1. The second kappa shape index (κ2) is 6.17. The molecule has 0 aromatic heterocycles. The highest BCUT2D eigenvalue weighted by Gasteiger charge is 2.19. The van der Waals surface area contributed by atoms with Crippen molar-refractivity contribution in [2.24, 2.45) is 5.73 Å². The Kier molecular flexibility index (Phi) is 4.56. The third-order valence-corrected chi connectivity index (χ3v) is 3.73. The lowest BCUT2D eigenvalue weighted by molar-refractivity contribution is -0.0325. The minimum atomic E-state index is 0.132. The molecule has 0 saturated carbocycles. The van der Waals surface area contributed by atoms with Gasteiger partial charge in [-0.3, -0.25) is 10.3 Å². The molecule has 0 bridgehead atoms. The molecule has 0 aliphatic carbocycles. The minimum Gasteiger partial charge on any atom is -0.384 e. The molecule has 1 aliphatic heterocycles. The monoisotopic (exact) mass is 261 g/mol. The lowest BCUT2D eigenvalue weighted by Crippen LogP contribution is -2.41. The van der Waals surface area contributed by atoms with Crippen molar-refractivity contribution in [3.05, 3.63) is 34.9 Å². The summed E-state index contributed by atoms with van der Waals surface area (Å²) in [6.45, 7) is 8.02. The maximum atomic E-state index is 7.46. The molecule has 0 spiro atoms. The first-order valence-corrected chi connectivity index (χ1v) is 6.88. The van der Waals surface area contributed by atoms with E-state index in [4.69, 9.17) is 15.9 Å². The van der Waals surface area contributed by atoms with E-state index in [2.05, 4.69) is 24.8 Å². The SMILES string of the molecule is CCC1CN(Cc2ccc(C(=N)N)cc2C)CCO1. The summed E-state index contributed by atoms with van der Waals surface area (Å²) in [4.78, 5) is 2.44. The highest BCUT2D eigenvalue weighted by Crippen LogP contribution is 2.16. The van der Waals surface area contributed by atoms with Gasteiger partial charge in [0.25, 0.3) is 0 Å². The molecule has 0 radical (unpaired) electrons. The number of hydrogen-bond donors (Lipinski definition) is 2. The molecule has 1 aromatic carbocycles. The summed E-state index contributed by atoms with van der Waals surface area (Å²) in [6.07, 6.45) is 1.43. The zero-order valence-corrected chi connectivity index (χ0v) is 11.8. The maximum Gasteiger partial charge on any atom is 0.122 e. The van der Waals surface area contributed by atoms with Crippen LogP contribution >= 0.6 is 0 Å². The summed E-state index contributed by atoms with van der Waals surface area (Å²) in [7, 11) is 0. The number of nitrogen functional groups attached to an aromatic ring is 1. The van der Waals surface area contributed by atoms with Gasteiger partial charge in [-0.05, 0) is 30.5 Å². The second-order valence-corrected chi connectivity index (χ2v) is 5.19. The molecule has 0 amide bonds. The van der Waals surface area contributed by atoms with E-state index < -0.39 is 0 Å². The molecule has 1 fully saturated rings. The number of nitrogens with one attached hydrogen (secondary N) is 1. The number of rotatable bonds is 4. The van der Waals surface area contributed by atoms with E-state index in [0.717, 1.165) is 38.2 Å². The minimum absolute atomic E-state index is 0.132. The average Bonchev–Trinajstić information content (AvgIpc) is 2.41. The quantitative estimate of drug-likeness (QED) is 0.642. The number of hydrogen-bond acceptors (Lipinski definition) is 3. The Morgan fingerprint density at radius 1 is 1.53 bits per heavy atom. The summed E-state index contributed by atoms with van der Waals surface area (Å²) < 4.78 is 5.69. The third-order valence-electron chi connectivity index (χ3n) is 3.73. The number of nitrogens with two attached hydrogens (primary N) is 1. The predicted octanol–water partition coefficient (Wildman–Crippen LogP) is 1.89. The van der Waals surface area contributed by atoms with E-state index in [-0.39, 0.29) is 5.84 Å². The molecule has 104 valence electrons. The van der Waals surface area contributed by atoms with Crippen molar-refractivity contribution < 1.29 is 4.74 Å². The summed E-state index contributed by atoms with van der Waals surface area (Å²) in [5, 5.41) is 7.46. The molecule has 1 unspecified atom stereocenters. The first kappa shape index (κ1) is 14.0. The molecule has 1 heterocycles. The molecular formula is C15H23N3O. The number of amidine groups is 1. The molecule has 2 rings (SSSR count). The smallest absolute Gasteiger partial charge is 0.122 e. The van der Waals surface area contributed by atoms with Gasteiger partial charge >= 0.3 is 0 Å². The normalized spacial score (nSPS) is 20.4. The van der Waals surface area contributed by atoms with Crippen LogP contribution in [0.15, 0.2) is 18.2 Å². The Balaban J connectivity index is 2.04. The number of ether oxygens (including phenoxy) is 1. The van der Waals surface area contributed by atoms with Crippen molar-refractivity contribution in [1.29, 1.82) is 5.41 Å². The molecule has 1 aromatic rings. The van der Waals surface area contributed by atoms with Crippen LogP contribution < -0.4 is 5.73 Å². The Hall–Kier alpha value is -1.39. The molecule has 4 nitrogen and oxygen atoms in total. The lowest BCUT2D eigenvalue weighted by atomic mass is 10.0. The maximum absolute atomic E-state index is 7.46. The fourth-order valence-electron chi connectivity index (χ4n) is 2.45. The van der Waals surface area contributed by atoms with Crippen molar-refractivity contribution >= 4 is 5.84 Å². The summed E-state index contributed by atoms with van der Waals surface area (Å²) in [5.74, 6) is 0.132. The van der Waals surface area contributed by atoms with Crippen LogP contribution in [-0.2, 0) is 11.3 Å². The summed E-state index contributed by atoms with van der Waals surface area (Å²) in [6, 6.07) is 6.01. The first-order chi connectivity index (χ1) is 9.10. The fourth-order valence-corrected chi connectivity index (χ4v) is 2.45. The van der Waals surface area contributed by atoms with Crippen LogP contribution in [0.25, 0.3) is 0 Å². The van der Waals surface area contributed by atoms with Crippen molar-refractivity contribution in [2.75, 3.05) is 19.7 Å². The van der Waals surface area contributed by atoms with Crippen molar-refractivity contribution in [1.82, 2.24) is 4.90 Å². The van der Waals surface area contributed by atoms with Crippen molar-refractivity contribution in [3.63, 3.8) is 0 Å². The number of benzene rings is 1. The van der Waals surface area contributed by atoms with Gasteiger partial charge in [0.1, 0.15) is 5.84 Å². The van der Waals surface area contributed by atoms with E-state index in [1.165, 1.54) is 11.1 Å². The zero-order valence-electron chi connectivity index (χ0n) is 11.8. The fraction of sp³-hybridized carbons (Fsp3) is 0.533. The van der Waals surface area contributed by atoms with Gasteiger partial charge in [0.2, 0.25) is 0 Å². The number of aryl methyl sites for hydroxylation is 1. The summed E-state index contributed by atoms with van der Waals surface area (Å²) >= 11 is 0. The standard InChI is InChI=1S/C15H23N3O/c1-3-14-10-18(6-7-19-14)9-13-5-4-12(15(16)17)8-11(13)2/h4-5,8,14H,3,6-7,9-10H2,1-2H3,(H3,16,17). The van der Waals surface area contributed by atoms with E-state index >= 15 is 0 Å². The first-order valence-electron chi connectivity index (χ1n) is 6.88. The van der Waals surface area contributed by atoms with Gasteiger partial charge in [0, 0.05) is 25.2 Å². The third kappa shape index (κ3) is 3.55. The highest BCUT2D eigenvalue weighted by atomic mass is 16.5.